The number of hydrogen-bond acceptors (Lipinski definition) is 4. The van der Waals surface area contributed by atoms with E-state index in [1.54, 1.807) is 0 Å². The highest BCUT2D eigenvalue weighted by molar-refractivity contribution is 9.10. The van der Waals surface area contributed by atoms with Crippen molar-refractivity contribution in [2.45, 2.75) is 30.3 Å². The van der Waals surface area contributed by atoms with Crippen LogP contribution in [0.5, 0.6) is 11.5 Å². The summed E-state index contributed by atoms with van der Waals surface area (Å²) in [6.07, 6.45) is 4.61. The van der Waals surface area contributed by atoms with Gasteiger partial charge in [0.15, 0.2) is 0 Å². The molecule has 5 rings (SSSR count). The molecule has 2 aliphatic heterocycles. The lowest BCUT2D eigenvalue weighted by Crippen LogP contribution is -2.35. The minimum absolute atomic E-state index is 0.401. The van der Waals surface area contributed by atoms with Crippen molar-refractivity contribution in [1.82, 2.24) is 5.32 Å². The van der Waals surface area contributed by atoms with Gasteiger partial charge in [-0.3, -0.25) is 0 Å². The lowest BCUT2D eigenvalue weighted by atomic mass is 9.73. The van der Waals surface area contributed by atoms with Crippen LogP contribution in [0.15, 0.2) is 52.8 Å². The lowest BCUT2D eigenvalue weighted by molar-refractivity contribution is 0.0240. The molecule has 0 bridgehead atoms. The molecule has 3 aliphatic rings. The average Bonchev–Trinajstić information content (AvgIpc) is 3.02. The maximum Gasteiger partial charge on any atom is 0.132 e. The fourth-order valence-corrected chi connectivity index (χ4v) is 4.39. The van der Waals surface area contributed by atoms with Crippen LogP contribution in [-0.2, 0) is 5.41 Å². The van der Waals surface area contributed by atoms with Gasteiger partial charge in [-0.25, -0.2) is 0 Å². The standard InChI is InChI=1S/C22H19BrN2O2/c23-15-3-5-19-17(11-15)22(12-20(24)25-13-22)16-10-14(2-4-18(16)27-19)6-9-21(26)7-1-8-21/h2-5,10-12,25-26H,1,7-8,13,24H2/t22-/m1/s1. The summed E-state index contributed by atoms with van der Waals surface area (Å²) in [7, 11) is 0. The molecule has 2 aromatic rings. The molecule has 0 amide bonds. The summed E-state index contributed by atoms with van der Waals surface area (Å²) in [5, 5.41) is 13.5. The summed E-state index contributed by atoms with van der Waals surface area (Å²) < 4.78 is 7.17. The van der Waals surface area contributed by atoms with Crippen LogP contribution in [0, 0.1) is 11.8 Å². The van der Waals surface area contributed by atoms with E-state index in [-0.39, 0.29) is 0 Å². The van der Waals surface area contributed by atoms with Crippen LogP contribution in [0.3, 0.4) is 0 Å². The molecule has 2 aromatic carbocycles. The topological polar surface area (TPSA) is 67.5 Å². The van der Waals surface area contributed by atoms with Gasteiger partial charge in [0.25, 0.3) is 0 Å². The molecule has 1 aliphatic carbocycles. The number of aliphatic hydroxyl groups is 1. The molecular weight excluding hydrogens is 404 g/mol. The molecule has 0 radical (unpaired) electrons. The van der Waals surface area contributed by atoms with E-state index in [1.807, 2.05) is 24.3 Å². The van der Waals surface area contributed by atoms with Crippen LogP contribution >= 0.6 is 15.9 Å². The summed E-state index contributed by atoms with van der Waals surface area (Å²) >= 11 is 3.57. The van der Waals surface area contributed by atoms with Gasteiger partial charge in [0.1, 0.15) is 17.1 Å². The maximum absolute atomic E-state index is 10.3. The van der Waals surface area contributed by atoms with E-state index >= 15 is 0 Å². The van der Waals surface area contributed by atoms with E-state index < -0.39 is 11.0 Å². The Hall–Kier alpha value is -2.42. The van der Waals surface area contributed by atoms with Crippen molar-refractivity contribution in [3.8, 4) is 23.3 Å². The van der Waals surface area contributed by atoms with Gasteiger partial charge < -0.3 is 20.9 Å². The number of fused-ring (bicyclic) bond motifs is 4. The minimum Gasteiger partial charge on any atom is -0.457 e. The van der Waals surface area contributed by atoms with E-state index in [2.05, 4.69) is 51.3 Å². The predicted octanol–water partition coefficient (Wildman–Crippen LogP) is 3.51. The van der Waals surface area contributed by atoms with Crippen LogP contribution < -0.4 is 15.8 Å². The molecule has 0 unspecified atom stereocenters. The van der Waals surface area contributed by atoms with Gasteiger partial charge in [0.2, 0.25) is 0 Å². The van der Waals surface area contributed by atoms with Crippen molar-refractivity contribution in [3.63, 3.8) is 0 Å². The summed E-state index contributed by atoms with van der Waals surface area (Å²) in [5.74, 6) is 8.50. The summed E-state index contributed by atoms with van der Waals surface area (Å²) in [5.41, 5.74) is 7.86. The van der Waals surface area contributed by atoms with Crippen molar-refractivity contribution < 1.29 is 9.84 Å². The Labute approximate surface area is 166 Å². The highest BCUT2D eigenvalue weighted by atomic mass is 79.9. The summed E-state index contributed by atoms with van der Waals surface area (Å²) in [6.45, 7) is 0.666. The fraction of sp³-hybridized carbons (Fsp3) is 0.273. The number of ether oxygens (including phenoxy) is 1. The first-order valence-corrected chi connectivity index (χ1v) is 9.87. The second-order valence-corrected chi connectivity index (χ2v) is 8.43. The van der Waals surface area contributed by atoms with Gasteiger partial charge in [-0.2, -0.15) is 0 Å². The molecule has 5 heteroatoms. The van der Waals surface area contributed by atoms with Gasteiger partial charge in [-0.1, -0.05) is 27.8 Å². The first-order valence-electron chi connectivity index (χ1n) is 9.08. The molecule has 27 heavy (non-hydrogen) atoms. The predicted molar refractivity (Wildman–Crippen MR) is 107 cm³/mol. The number of rotatable bonds is 0. The molecule has 2 heterocycles. The van der Waals surface area contributed by atoms with Gasteiger partial charge in [-0.15, -0.1) is 0 Å². The molecular formula is C22H19BrN2O2. The zero-order valence-electron chi connectivity index (χ0n) is 14.7. The van der Waals surface area contributed by atoms with E-state index in [9.17, 15) is 5.11 Å². The van der Waals surface area contributed by atoms with E-state index in [4.69, 9.17) is 10.5 Å². The molecule has 0 aromatic heterocycles. The van der Waals surface area contributed by atoms with E-state index in [0.29, 0.717) is 12.4 Å². The zero-order chi connectivity index (χ0) is 18.6. The fourth-order valence-electron chi connectivity index (χ4n) is 4.03. The summed E-state index contributed by atoms with van der Waals surface area (Å²) in [4.78, 5) is 0. The SMILES string of the molecule is NC1=C[C@]2(CN1)c1cc(Br)ccc1Oc1ccc(C#CC3(O)CCC3)cc12. The Kier molecular flexibility index (Phi) is 3.59. The van der Waals surface area contributed by atoms with Crippen LogP contribution in [0.4, 0.5) is 0 Å². The van der Waals surface area contributed by atoms with Crippen LogP contribution in [0.2, 0.25) is 0 Å². The zero-order valence-corrected chi connectivity index (χ0v) is 16.3. The highest BCUT2D eigenvalue weighted by Gasteiger charge is 2.44. The van der Waals surface area contributed by atoms with Crippen molar-refractivity contribution in [2.24, 2.45) is 5.73 Å². The number of benzene rings is 2. The molecule has 1 spiro atoms. The van der Waals surface area contributed by atoms with E-state index in [1.165, 1.54) is 0 Å². The highest BCUT2D eigenvalue weighted by Crippen LogP contribution is 2.51. The third-order valence-electron chi connectivity index (χ3n) is 5.70. The van der Waals surface area contributed by atoms with Gasteiger partial charge in [0, 0.05) is 27.7 Å². The molecule has 4 nitrogen and oxygen atoms in total. The number of nitrogens with one attached hydrogen (secondary N) is 1. The van der Waals surface area contributed by atoms with Crippen molar-refractivity contribution in [2.75, 3.05) is 6.54 Å². The Morgan fingerprint density at radius 3 is 2.52 bits per heavy atom. The largest absolute Gasteiger partial charge is 0.457 e. The van der Waals surface area contributed by atoms with Gasteiger partial charge in [-0.05, 0) is 61.7 Å². The Morgan fingerprint density at radius 1 is 1.11 bits per heavy atom. The first-order chi connectivity index (χ1) is 13.0. The van der Waals surface area contributed by atoms with Crippen LogP contribution in [0.25, 0.3) is 0 Å². The maximum atomic E-state index is 10.3. The van der Waals surface area contributed by atoms with Crippen LogP contribution in [0.1, 0.15) is 36.0 Å². The molecule has 136 valence electrons. The Bertz CT molecular complexity index is 1050. The first kappa shape index (κ1) is 16.7. The number of hydrogen-bond donors (Lipinski definition) is 3. The monoisotopic (exact) mass is 422 g/mol. The molecule has 1 atom stereocenters. The van der Waals surface area contributed by atoms with Crippen molar-refractivity contribution in [3.05, 3.63) is 69.5 Å². The van der Waals surface area contributed by atoms with Crippen molar-refractivity contribution >= 4 is 15.9 Å². The average molecular weight is 423 g/mol. The van der Waals surface area contributed by atoms with Gasteiger partial charge >= 0.3 is 0 Å². The molecule has 4 N–H and O–H groups in total. The Morgan fingerprint density at radius 2 is 1.85 bits per heavy atom. The van der Waals surface area contributed by atoms with Gasteiger partial charge in [0.05, 0.1) is 11.2 Å². The Balaban J connectivity index is 1.66. The number of halogens is 1. The van der Waals surface area contributed by atoms with Crippen LogP contribution in [-0.4, -0.2) is 17.3 Å². The quantitative estimate of drug-likeness (QED) is 0.568. The summed E-state index contributed by atoms with van der Waals surface area (Å²) in [6, 6.07) is 12.0. The lowest BCUT2D eigenvalue weighted by Gasteiger charge is -2.35. The molecule has 1 saturated carbocycles. The normalized spacial score (nSPS) is 23.7. The smallest absolute Gasteiger partial charge is 0.132 e. The minimum atomic E-state index is -0.819. The third kappa shape index (κ3) is 2.63. The number of nitrogens with two attached hydrogens (primary N) is 1. The molecule has 1 fully saturated rings. The second-order valence-electron chi connectivity index (χ2n) is 7.51. The second kappa shape index (κ2) is 5.79. The van der Waals surface area contributed by atoms with E-state index in [0.717, 1.165) is 51.9 Å². The molecule has 0 saturated heterocycles. The van der Waals surface area contributed by atoms with Crippen molar-refractivity contribution in [1.29, 1.82) is 0 Å². The third-order valence-corrected chi connectivity index (χ3v) is 6.19.